The van der Waals surface area contributed by atoms with Gasteiger partial charge in [-0.05, 0) is 46.2 Å². The molecule has 198 valence electrons. The number of halogens is 1. The Labute approximate surface area is 246 Å². The fraction of sp³-hybridized carbons (Fsp3) is 0. The molecule has 0 radical (unpaired) electrons. The summed E-state index contributed by atoms with van der Waals surface area (Å²) >= 11 is 6.91. The molecule has 0 aliphatic rings. The summed E-state index contributed by atoms with van der Waals surface area (Å²) in [5.74, 6) is 1.67. The third kappa shape index (κ3) is 4.30. The van der Waals surface area contributed by atoms with Gasteiger partial charge in [-0.3, -0.25) is 0 Å². The molecule has 2 heterocycles. The highest BCUT2D eigenvalue weighted by Gasteiger charge is 2.18. The molecule has 0 atom stereocenters. The summed E-state index contributed by atoms with van der Waals surface area (Å²) in [5.41, 5.74) is 6.28. The molecule has 6 aromatic carbocycles. The summed E-state index contributed by atoms with van der Waals surface area (Å²) in [5, 5.41) is 4.78. The number of benzene rings is 6. The lowest BCUT2D eigenvalue weighted by molar-refractivity contribution is 0.669. The van der Waals surface area contributed by atoms with E-state index in [0.29, 0.717) is 22.5 Å². The van der Waals surface area contributed by atoms with E-state index in [1.807, 2.05) is 84.9 Å². The first-order valence-electron chi connectivity index (χ1n) is 13.7. The molecule has 0 amide bonds. The van der Waals surface area contributed by atoms with Crippen LogP contribution in [0.4, 0.5) is 0 Å². The van der Waals surface area contributed by atoms with Crippen molar-refractivity contribution in [2.75, 3.05) is 0 Å². The maximum absolute atomic E-state index is 6.91. The first-order valence-corrected chi connectivity index (χ1v) is 14.1. The third-order valence-corrected chi connectivity index (χ3v) is 7.88. The van der Waals surface area contributed by atoms with Gasteiger partial charge in [-0.1, -0.05) is 115 Å². The molecule has 8 aromatic rings. The van der Waals surface area contributed by atoms with Crippen LogP contribution in [0.3, 0.4) is 0 Å². The zero-order chi connectivity index (χ0) is 28.0. The van der Waals surface area contributed by atoms with Crippen LogP contribution >= 0.6 is 11.6 Å². The Balaban J connectivity index is 1.34. The summed E-state index contributed by atoms with van der Waals surface area (Å²) in [7, 11) is 0. The number of hydrogen-bond acceptors (Lipinski definition) is 4. The van der Waals surface area contributed by atoms with E-state index in [0.717, 1.165) is 60.5 Å². The quantitative estimate of drug-likeness (QED) is 0.215. The van der Waals surface area contributed by atoms with Crippen molar-refractivity contribution >= 4 is 44.3 Å². The van der Waals surface area contributed by atoms with E-state index in [4.69, 9.17) is 31.0 Å². The highest BCUT2D eigenvalue weighted by molar-refractivity contribution is 6.34. The molecule has 2 aromatic heterocycles. The molecule has 0 spiro atoms. The van der Waals surface area contributed by atoms with Crippen LogP contribution in [-0.4, -0.2) is 15.0 Å². The van der Waals surface area contributed by atoms with E-state index in [1.165, 1.54) is 0 Å². The van der Waals surface area contributed by atoms with Gasteiger partial charge in [0.2, 0.25) is 0 Å². The van der Waals surface area contributed by atoms with Crippen LogP contribution in [0, 0.1) is 0 Å². The van der Waals surface area contributed by atoms with Crippen LogP contribution in [0.1, 0.15) is 0 Å². The zero-order valence-electron chi connectivity index (χ0n) is 22.3. The minimum atomic E-state index is 0.506. The summed E-state index contributed by atoms with van der Waals surface area (Å²) in [4.78, 5) is 14.8. The van der Waals surface area contributed by atoms with Crippen LogP contribution in [0.15, 0.2) is 138 Å². The molecule has 0 unspecified atom stereocenters. The van der Waals surface area contributed by atoms with Crippen LogP contribution in [0.25, 0.3) is 78.0 Å². The van der Waals surface area contributed by atoms with Crippen molar-refractivity contribution in [3.8, 4) is 45.3 Å². The Morgan fingerprint density at radius 3 is 1.74 bits per heavy atom. The van der Waals surface area contributed by atoms with Crippen molar-refractivity contribution in [3.63, 3.8) is 0 Å². The van der Waals surface area contributed by atoms with Crippen LogP contribution < -0.4 is 0 Å². The van der Waals surface area contributed by atoms with Gasteiger partial charge in [0.05, 0.1) is 5.02 Å². The van der Waals surface area contributed by atoms with Crippen molar-refractivity contribution < 1.29 is 4.42 Å². The first kappa shape index (κ1) is 24.5. The highest BCUT2D eigenvalue weighted by Crippen LogP contribution is 2.38. The van der Waals surface area contributed by atoms with Gasteiger partial charge in [0.1, 0.15) is 11.2 Å². The summed E-state index contributed by atoms with van der Waals surface area (Å²) < 4.78 is 6.24. The molecule has 0 bridgehead atoms. The smallest absolute Gasteiger partial charge is 0.165 e. The van der Waals surface area contributed by atoms with Gasteiger partial charge in [-0.2, -0.15) is 0 Å². The van der Waals surface area contributed by atoms with E-state index in [1.54, 1.807) is 0 Å². The van der Waals surface area contributed by atoms with Crippen LogP contribution in [-0.2, 0) is 0 Å². The molecular weight excluding hydrogens is 538 g/mol. The molecule has 0 N–H and O–H groups in total. The lowest BCUT2D eigenvalue weighted by Gasteiger charge is -2.10. The van der Waals surface area contributed by atoms with E-state index in [9.17, 15) is 0 Å². The summed E-state index contributed by atoms with van der Waals surface area (Å²) in [6, 6.07) is 44.9. The van der Waals surface area contributed by atoms with Crippen molar-refractivity contribution in [3.05, 3.63) is 138 Å². The standard InChI is InChI=1S/C37H22ClN3O/c38-32-22-34-30(29-19-26-14-7-8-15-27(26)20-33(29)42-34)21-31(32)37-40-35(24-12-5-2-6-13-24)39-36(41-37)28-17-9-16-25(18-28)23-10-3-1-4-11-23/h1-22H. The topological polar surface area (TPSA) is 51.8 Å². The normalized spacial score (nSPS) is 11.5. The second kappa shape index (κ2) is 9.95. The van der Waals surface area contributed by atoms with E-state index >= 15 is 0 Å². The van der Waals surface area contributed by atoms with Crippen molar-refractivity contribution in [2.45, 2.75) is 0 Å². The molecule has 4 nitrogen and oxygen atoms in total. The summed E-state index contributed by atoms with van der Waals surface area (Å²) in [6.45, 7) is 0. The van der Waals surface area contributed by atoms with Gasteiger partial charge < -0.3 is 4.42 Å². The monoisotopic (exact) mass is 559 g/mol. The molecule has 8 rings (SSSR count). The molecule has 0 aliphatic heterocycles. The van der Waals surface area contributed by atoms with Crippen molar-refractivity contribution in [2.24, 2.45) is 0 Å². The zero-order valence-corrected chi connectivity index (χ0v) is 23.1. The van der Waals surface area contributed by atoms with E-state index in [-0.39, 0.29) is 0 Å². The second-order valence-electron chi connectivity index (χ2n) is 10.2. The number of aromatic nitrogens is 3. The fourth-order valence-corrected chi connectivity index (χ4v) is 5.70. The molecule has 5 heteroatoms. The average molecular weight is 560 g/mol. The maximum atomic E-state index is 6.91. The van der Waals surface area contributed by atoms with Gasteiger partial charge in [0, 0.05) is 33.5 Å². The highest BCUT2D eigenvalue weighted by atomic mass is 35.5. The summed E-state index contributed by atoms with van der Waals surface area (Å²) in [6.07, 6.45) is 0. The van der Waals surface area contributed by atoms with Crippen molar-refractivity contribution in [1.29, 1.82) is 0 Å². The fourth-order valence-electron chi connectivity index (χ4n) is 5.46. The first-order chi connectivity index (χ1) is 20.7. The van der Waals surface area contributed by atoms with Crippen LogP contribution in [0.5, 0.6) is 0 Å². The van der Waals surface area contributed by atoms with Gasteiger partial charge >= 0.3 is 0 Å². The van der Waals surface area contributed by atoms with Gasteiger partial charge in [-0.15, -0.1) is 0 Å². The predicted molar refractivity (Wildman–Crippen MR) is 171 cm³/mol. The number of fused-ring (bicyclic) bond motifs is 4. The molecule has 0 saturated carbocycles. The molecule has 42 heavy (non-hydrogen) atoms. The average Bonchev–Trinajstić information content (AvgIpc) is 3.39. The van der Waals surface area contributed by atoms with Gasteiger partial charge in [0.25, 0.3) is 0 Å². The lowest BCUT2D eigenvalue weighted by atomic mass is 10.0. The van der Waals surface area contributed by atoms with Gasteiger partial charge in [-0.25, -0.2) is 15.0 Å². The minimum Gasteiger partial charge on any atom is -0.456 e. The SMILES string of the molecule is Clc1cc2oc3cc4ccccc4cc3c2cc1-c1nc(-c2ccccc2)nc(-c2cccc(-c3ccccc3)c2)n1. The Kier molecular flexibility index (Phi) is 5.80. The van der Waals surface area contributed by atoms with Gasteiger partial charge in [0.15, 0.2) is 17.5 Å². The Morgan fingerprint density at radius 2 is 0.976 bits per heavy atom. The Bertz CT molecular complexity index is 2260. The molecule has 0 fully saturated rings. The number of nitrogens with zero attached hydrogens (tertiary/aromatic N) is 3. The maximum Gasteiger partial charge on any atom is 0.165 e. The molecule has 0 aliphatic carbocycles. The third-order valence-electron chi connectivity index (χ3n) is 7.56. The lowest BCUT2D eigenvalue weighted by Crippen LogP contribution is -2.00. The van der Waals surface area contributed by atoms with E-state index < -0.39 is 0 Å². The molecule has 0 saturated heterocycles. The number of rotatable bonds is 4. The number of hydrogen-bond donors (Lipinski definition) is 0. The van der Waals surface area contributed by atoms with E-state index in [2.05, 4.69) is 48.5 Å². The minimum absolute atomic E-state index is 0.506. The Hall–Kier alpha value is -5.32. The van der Waals surface area contributed by atoms with Crippen molar-refractivity contribution in [1.82, 2.24) is 15.0 Å². The predicted octanol–water partition coefficient (Wildman–Crippen LogP) is 10.2. The number of furan rings is 1. The van der Waals surface area contributed by atoms with Crippen LogP contribution in [0.2, 0.25) is 5.02 Å². The Morgan fingerprint density at radius 1 is 0.429 bits per heavy atom. The largest absolute Gasteiger partial charge is 0.456 e. The second-order valence-corrected chi connectivity index (χ2v) is 10.7. The molecular formula is C37H22ClN3O.